The second kappa shape index (κ2) is 14.0. The van der Waals surface area contributed by atoms with Gasteiger partial charge in [-0.05, 0) is 149 Å². The minimum atomic E-state index is -0.0837. The first-order valence-corrected chi connectivity index (χ1v) is 24.9. The molecular weight excluding hydrogens is 821 g/mol. The molecule has 2 aliphatic rings. The minimum Gasteiger partial charge on any atom is -0.309 e. The molecule has 2 nitrogen and oxygen atoms in total. The summed E-state index contributed by atoms with van der Waals surface area (Å²) >= 11 is 0. The molecule has 8 aromatic carbocycles. The van der Waals surface area contributed by atoms with Gasteiger partial charge in [0.15, 0.2) is 0 Å². The first-order valence-electron chi connectivity index (χ1n) is 24.9. The summed E-state index contributed by atoms with van der Waals surface area (Å²) in [5, 5.41) is 5.39. The van der Waals surface area contributed by atoms with E-state index in [4.69, 9.17) is 0 Å². The average Bonchev–Trinajstić information content (AvgIpc) is 3.91. The molecule has 0 spiro atoms. The zero-order valence-corrected chi connectivity index (χ0v) is 42.1. The molecule has 2 heterocycles. The molecular formula is C66H64N2. The first kappa shape index (κ1) is 42.7. The largest absolute Gasteiger partial charge is 0.309 e. The highest BCUT2D eigenvalue weighted by Crippen LogP contribution is 2.65. The van der Waals surface area contributed by atoms with Crippen molar-refractivity contribution < 1.29 is 0 Å². The number of nitrogens with zero attached hydrogens (tertiary/aromatic N) is 2. The van der Waals surface area contributed by atoms with E-state index >= 15 is 0 Å². The van der Waals surface area contributed by atoms with Crippen LogP contribution in [-0.4, -0.2) is 9.13 Å². The van der Waals surface area contributed by atoms with Crippen LogP contribution >= 0.6 is 0 Å². The van der Waals surface area contributed by atoms with Crippen LogP contribution in [0, 0.1) is 10.8 Å². The van der Waals surface area contributed by atoms with Crippen molar-refractivity contribution in [3.63, 3.8) is 0 Å². The molecule has 0 radical (unpaired) electrons. The number of hydrogen-bond acceptors (Lipinski definition) is 0. The van der Waals surface area contributed by atoms with E-state index in [-0.39, 0.29) is 32.5 Å². The van der Waals surface area contributed by atoms with Crippen molar-refractivity contribution in [2.24, 2.45) is 10.8 Å². The van der Waals surface area contributed by atoms with Crippen LogP contribution in [-0.2, 0) is 21.7 Å². The first-order chi connectivity index (χ1) is 32.3. The minimum absolute atomic E-state index is 0.0175. The van der Waals surface area contributed by atoms with Crippen LogP contribution in [0.15, 0.2) is 170 Å². The molecule has 10 aromatic rings. The van der Waals surface area contributed by atoms with Crippen molar-refractivity contribution in [2.45, 2.75) is 105 Å². The van der Waals surface area contributed by atoms with Crippen LogP contribution in [0.1, 0.15) is 105 Å². The number of hydrogen-bond donors (Lipinski definition) is 0. The Morgan fingerprint density at radius 2 is 0.618 bits per heavy atom. The van der Waals surface area contributed by atoms with Gasteiger partial charge in [-0.1, -0.05) is 192 Å². The lowest BCUT2D eigenvalue weighted by atomic mass is 9.59. The summed E-state index contributed by atoms with van der Waals surface area (Å²) in [4.78, 5) is 0. The van der Waals surface area contributed by atoms with E-state index in [0.717, 1.165) is 0 Å². The highest BCUT2D eigenvalue weighted by Gasteiger charge is 2.59. The van der Waals surface area contributed by atoms with Crippen molar-refractivity contribution in [1.29, 1.82) is 0 Å². The summed E-state index contributed by atoms with van der Waals surface area (Å²) < 4.78 is 5.07. The molecule has 0 aliphatic heterocycles. The molecule has 0 unspecified atom stereocenters. The Balaban J connectivity index is 1.14. The van der Waals surface area contributed by atoms with E-state index in [1.165, 1.54) is 111 Å². The fourth-order valence-electron chi connectivity index (χ4n) is 13.3. The van der Waals surface area contributed by atoms with Gasteiger partial charge in [0.2, 0.25) is 0 Å². The fourth-order valence-corrected chi connectivity index (χ4v) is 13.3. The monoisotopic (exact) mass is 885 g/mol. The number of aromatic nitrogens is 2. The zero-order valence-electron chi connectivity index (χ0n) is 42.1. The third-order valence-corrected chi connectivity index (χ3v) is 19.5. The van der Waals surface area contributed by atoms with Gasteiger partial charge < -0.3 is 9.13 Å². The Morgan fingerprint density at radius 3 is 1.00 bits per heavy atom. The smallest absolute Gasteiger partial charge is 0.0544 e. The molecule has 2 aromatic heterocycles. The molecule has 338 valence electrons. The summed E-state index contributed by atoms with van der Waals surface area (Å²) in [5.41, 5.74) is 20.5. The van der Waals surface area contributed by atoms with Crippen molar-refractivity contribution in [3.8, 4) is 44.8 Å². The lowest BCUT2D eigenvalue weighted by molar-refractivity contribution is 0.125. The van der Waals surface area contributed by atoms with Gasteiger partial charge >= 0.3 is 0 Å². The van der Waals surface area contributed by atoms with Crippen molar-refractivity contribution in [2.75, 3.05) is 0 Å². The summed E-state index contributed by atoms with van der Waals surface area (Å²) in [6, 6.07) is 64.1. The third-order valence-electron chi connectivity index (χ3n) is 19.5. The fraction of sp³-hybridized carbons (Fsp3) is 0.273. The van der Waals surface area contributed by atoms with Crippen molar-refractivity contribution >= 4 is 43.6 Å². The van der Waals surface area contributed by atoms with Crippen LogP contribution in [0.5, 0.6) is 0 Å². The Kier molecular flexibility index (Phi) is 8.78. The SMILES string of the molecule is CC1(C)c2ccc3c(c2C(C)(C)C1(C)C)c1cc(-c2ccc4c(c2)c2c5c(ccc2n4-c2cccc(-c4ccccc4)c2)C(C)(C)C(C)(C)C5(C)C)ccc1n3-c1cccc(-c2ccccc2)c1. The normalized spacial score (nSPS) is 18.1. The Hall–Kier alpha value is -6.64. The highest BCUT2D eigenvalue weighted by atomic mass is 15.0. The highest BCUT2D eigenvalue weighted by molar-refractivity contribution is 6.15. The van der Waals surface area contributed by atoms with E-state index in [0.29, 0.717) is 0 Å². The van der Waals surface area contributed by atoms with E-state index < -0.39 is 0 Å². The maximum absolute atomic E-state index is 2.53. The second-order valence-electron chi connectivity index (χ2n) is 23.5. The summed E-state index contributed by atoms with van der Waals surface area (Å²) in [7, 11) is 0. The van der Waals surface area contributed by atoms with E-state index in [2.05, 4.69) is 262 Å². The van der Waals surface area contributed by atoms with Gasteiger partial charge in [0.05, 0.1) is 22.1 Å². The Labute approximate surface area is 403 Å². The van der Waals surface area contributed by atoms with Gasteiger partial charge in [-0.2, -0.15) is 0 Å². The number of fused-ring (bicyclic) bond motifs is 10. The molecule has 0 amide bonds. The van der Waals surface area contributed by atoms with E-state index in [1.807, 2.05) is 0 Å². The molecule has 2 heteroatoms. The van der Waals surface area contributed by atoms with Crippen molar-refractivity contribution in [1.82, 2.24) is 9.13 Å². The van der Waals surface area contributed by atoms with E-state index in [1.54, 1.807) is 0 Å². The van der Waals surface area contributed by atoms with Crippen LogP contribution in [0.3, 0.4) is 0 Å². The predicted molar refractivity (Wildman–Crippen MR) is 291 cm³/mol. The predicted octanol–water partition coefficient (Wildman–Crippen LogP) is 18.1. The summed E-state index contributed by atoms with van der Waals surface area (Å²) in [6.07, 6.45) is 0. The van der Waals surface area contributed by atoms with Crippen LogP contribution < -0.4 is 0 Å². The second-order valence-corrected chi connectivity index (χ2v) is 23.5. The Bertz CT molecular complexity index is 3470. The molecule has 0 N–H and O–H groups in total. The van der Waals surface area contributed by atoms with Crippen molar-refractivity contribution in [3.05, 3.63) is 192 Å². The quantitative estimate of drug-likeness (QED) is 0.163. The molecule has 12 rings (SSSR count). The molecule has 68 heavy (non-hydrogen) atoms. The van der Waals surface area contributed by atoms with Gasteiger partial charge in [-0.25, -0.2) is 0 Å². The molecule has 0 bridgehead atoms. The maximum Gasteiger partial charge on any atom is 0.0544 e. The number of benzene rings is 8. The van der Waals surface area contributed by atoms with Gasteiger partial charge in [0, 0.05) is 32.9 Å². The van der Waals surface area contributed by atoms with Gasteiger partial charge in [-0.15, -0.1) is 0 Å². The molecule has 2 aliphatic carbocycles. The average molecular weight is 885 g/mol. The van der Waals surface area contributed by atoms with E-state index in [9.17, 15) is 0 Å². The molecule has 0 saturated heterocycles. The summed E-state index contributed by atoms with van der Waals surface area (Å²) in [6.45, 7) is 29.7. The lowest BCUT2D eigenvalue weighted by Crippen LogP contribution is -2.42. The number of rotatable bonds is 5. The third kappa shape index (κ3) is 5.41. The van der Waals surface area contributed by atoms with Gasteiger partial charge in [0.25, 0.3) is 0 Å². The van der Waals surface area contributed by atoms with Crippen LogP contribution in [0.4, 0.5) is 0 Å². The van der Waals surface area contributed by atoms with Gasteiger partial charge in [0.1, 0.15) is 0 Å². The Morgan fingerprint density at radius 1 is 0.279 bits per heavy atom. The maximum atomic E-state index is 2.53. The molecule has 0 atom stereocenters. The standard InChI is InChI=1S/C66H64N2/c1-61(2)51-31-35-55-57(59(51)63(5,6)65(61,9)10)49-39-45(29-33-53(49)67(55)47-27-19-25-43(37-47)41-21-15-13-16-22-41)46-30-34-54-50(40-46)58-56(36-32-52-60(58)64(7,8)66(11,12)62(52,3)4)68(54)48-28-20-26-44(38-48)42-23-17-14-18-24-42/h13-40H,1-12H3. The zero-order chi connectivity index (χ0) is 47.5. The van der Waals surface area contributed by atoms with Gasteiger partial charge in [-0.3, -0.25) is 0 Å². The molecule has 0 fully saturated rings. The topological polar surface area (TPSA) is 9.86 Å². The van der Waals surface area contributed by atoms with Crippen LogP contribution in [0.2, 0.25) is 0 Å². The lowest BCUT2D eigenvalue weighted by Gasteiger charge is -2.44. The van der Waals surface area contributed by atoms with Crippen LogP contribution in [0.25, 0.3) is 88.4 Å². The summed E-state index contributed by atoms with van der Waals surface area (Å²) in [5.74, 6) is 0. The molecule has 0 saturated carbocycles.